The Bertz CT molecular complexity index is 1400. The zero-order valence-electron chi connectivity index (χ0n) is 25.2. The van der Waals surface area contributed by atoms with E-state index in [1.54, 1.807) is 18.5 Å². The molecule has 2 heterocycles. The van der Waals surface area contributed by atoms with Crippen molar-refractivity contribution in [3.05, 3.63) is 88.9 Å². The second kappa shape index (κ2) is 14.5. The average molecular weight is 572 g/mol. The van der Waals surface area contributed by atoms with Gasteiger partial charge in [-0.15, -0.1) is 0 Å². The van der Waals surface area contributed by atoms with Crippen molar-refractivity contribution in [2.75, 3.05) is 19.8 Å². The van der Waals surface area contributed by atoms with Gasteiger partial charge in [-0.3, -0.25) is 0 Å². The van der Waals surface area contributed by atoms with Crippen LogP contribution in [-0.2, 0) is 19.1 Å². The Morgan fingerprint density at radius 2 is 1.45 bits per heavy atom. The van der Waals surface area contributed by atoms with Crippen molar-refractivity contribution in [2.24, 2.45) is 0 Å². The first-order valence-electron chi connectivity index (χ1n) is 14.8. The Morgan fingerprint density at radius 1 is 0.833 bits per heavy atom. The highest BCUT2D eigenvalue weighted by Crippen LogP contribution is 2.43. The summed E-state index contributed by atoms with van der Waals surface area (Å²) in [5, 5.41) is 8.20. The van der Waals surface area contributed by atoms with Gasteiger partial charge in [-0.05, 0) is 70.5 Å². The number of benzene rings is 2. The van der Waals surface area contributed by atoms with E-state index in [0.29, 0.717) is 40.4 Å². The minimum Gasteiger partial charge on any atom is -0.494 e. The second-order valence-corrected chi connectivity index (χ2v) is 10.2. The number of para-hydroxylation sites is 1. The van der Waals surface area contributed by atoms with Gasteiger partial charge in [0, 0.05) is 28.7 Å². The molecule has 8 heteroatoms. The summed E-state index contributed by atoms with van der Waals surface area (Å²) in [4.78, 5) is 26.8. The summed E-state index contributed by atoms with van der Waals surface area (Å²) >= 11 is 0. The smallest absolute Gasteiger partial charge is 0.336 e. The van der Waals surface area contributed by atoms with Crippen molar-refractivity contribution in [3.8, 4) is 22.7 Å². The summed E-state index contributed by atoms with van der Waals surface area (Å²) in [6.45, 7) is 10.4. The van der Waals surface area contributed by atoms with Gasteiger partial charge in [-0.1, -0.05) is 44.4 Å². The minimum atomic E-state index is -0.758. The van der Waals surface area contributed by atoms with E-state index < -0.39 is 17.9 Å². The first-order valence-corrected chi connectivity index (χ1v) is 14.8. The maximum atomic E-state index is 13.4. The Kier molecular flexibility index (Phi) is 10.6. The predicted molar refractivity (Wildman–Crippen MR) is 163 cm³/mol. The van der Waals surface area contributed by atoms with Gasteiger partial charge >= 0.3 is 11.9 Å². The Labute approximate surface area is 248 Å². The third-order valence-electron chi connectivity index (χ3n) is 7.22. The molecule has 42 heavy (non-hydrogen) atoms. The topological polar surface area (TPSA) is 91.7 Å². The fourth-order valence-electron chi connectivity index (χ4n) is 5.23. The molecule has 3 aromatic rings. The Hall–Kier alpha value is -4.33. The lowest BCUT2D eigenvalue weighted by Gasteiger charge is -2.30. The number of hydrogen-bond acceptors (Lipinski definition) is 7. The van der Waals surface area contributed by atoms with E-state index in [0.717, 1.165) is 29.8 Å². The van der Waals surface area contributed by atoms with E-state index in [-0.39, 0.29) is 13.2 Å². The van der Waals surface area contributed by atoms with E-state index in [2.05, 4.69) is 12.2 Å². The van der Waals surface area contributed by atoms with Crippen LogP contribution in [0.3, 0.4) is 0 Å². The molecule has 0 fully saturated rings. The zero-order valence-corrected chi connectivity index (χ0v) is 25.2. The molecule has 0 bridgehead atoms. The van der Waals surface area contributed by atoms with Crippen LogP contribution in [0, 0.1) is 0 Å². The molecule has 2 aromatic carbocycles. The number of carbonyl (C=O) groups excluding carboxylic acids is 2. The molecule has 0 atom stereocenters. The van der Waals surface area contributed by atoms with Gasteiger partial charge in [0.2, 0.25) is 0 Å². The predicted octanol–water partition coefficient (Wildman–Crippen LogP) is 6.86. The van der Waals surface area contributed by atoms with Gasteiger partial charge in [0.1, 0.15) is 5.75 Å². The molecule has 1 aliphatic rings. The van der Waals surface area contributed by atoms with Crippen molar-refractivity contribution in [2.45, 2.75) is 66.2 Å². The first kappa shape index (κ1) is 30.6. The van der Waals surface area contributed by atoms with Gasteiger partial charge < -0.3 is 19.5 Å². The van der Waals surface area contributed by atoms with Gasteiger partial charge in [-0.2, -0.15) is 5.10 Å². The zero-order chi connectivity index (χ0) is 30.1. The maximum absolute atomic E-state index is 13.4. The molecule has 1 N–H and O–H groups in total. The number of hydrogen-bond donors (Lipinski definition) is 1. The molecule has 0 amide bonds. The molecule has 4 rings (SSSR count). The van der Waals surface area contributed by atoms with E-state index in [1.807, 2.05) is 74.6 Å². The lowest BCUT2D eigenvalue weighted by Crippen LogP contribution is -2.32. The SMILES string of the molecule is CCCCCCOc1ccc(-c2nn(-c3ccccc3)cc2C2C(C(=O)OCC)=C(C)NC(C)=C2C(=O)OCC)cc1. The van der Waals surface area contributed by atoms with Crippen LogP contribution < -0.4 is 10.1 Å². The molecule has 0 aliphatic carbocycles. The van der Waals surface area contributed by atoms with Crippen molar-refractivity contribution >= 4 is 11.9 Å². The van der Waals surface area contributed by atoms with Gasteiger partial charge in [0.05, 0.1) is 48.3 Å². The summed E-state index contributed by atoms with van der Waals surface area (Å²) in [6, 6.07) is 17.5. The van der Waals surface area contributed by atoms with Crippen LogP contribution in [0.1, 0.15) is 71.8 Å². The van der Waals surface area contributed by atoms with Crippen LogP contribution in [-0.4, -0.2) is 41.5 Å². The molecule has 8 nitrogen and oxygen atoms in total. The number of esters is 2. The summed E-state index contributed by atoms with van der Waals surface area (Å²) in [5.74, 6) is -0.961. The number of unbranched alkanes of at least 4 members (excludes halogenated alkanes) is 3. The number of aromatic nitrogens is 2. The molecule has 0 spiro atoms. The number of carbonyl (C=O) groups is 2. The van der Waals surface area contributed by atoms with Crippen LogP contribution in [0.15, 0.2) is 83.3 Å². The third-order valence-corrected chi connectivity index (χ3v) is 7.22. The highest BCUT2D eigenvalue weighted by molar-refractivity contribution is 6.00. The summed E-state index contributed by atoms with van der Waals surface area (Å²) in [6.07, 6.45) is 6.44. The fraction of sp³-hybridized carbons (Fsp3) is 0.382. The number of allylic oxidation sites excluding steroid dienone is 2. The minimum absolute atomic E-state index is 0.204. The molecule has 1 aliphatic heterocycles. The molecular weight excluding hydrogens is 530 g/mol. The van der Waals surface area contributed by atoms with E-state index in [4.69, 9.17) is 19.3 Å². The lowest BCUT2D eigenvalue weighted by atomic mass is 9.79. The van der Waals surface area contributed by atoms with Gasteiger partial charge in [0.25, 0.3) is 0 Å². The van der Waals surface area contributed by atoms with Crippen molar-refractivity contribution in [1.82, 2.24) is 15.1 Å². The van der Waals surface area contributed by atoms with Crippen molar-refractivity contribution in [3.63, 3.8) is 0 Å². The number of nitrogens with one attached hydrogen (secondary N) is 1. The second-order valence-electron chi connectivity index (χ2n) is 10.2. The number of dihydropyridines is 1. The van der Waals surface area contributed by atoms with E-state index in [9.17, 15) is 9.59 Å². The summed E-state index contributed by atoms with van der Waals surface area (Å²) in [5.41, 5.74) is 4.96. The van der Waals surface area contributed by atoms with Gasteiger partial charge in [0.15, 0.2) is 0 Å². The van der Waals surface area contributed by atoms with Crippen LogP contribution in [0.5, 0.6) is 5.75 Å². The highest BCUT2D eigenvalue weighted by atomic mass is 16.5. The number of nitrogens with zero attached hydrogens (tertiary/aromatic N) is 2. The van der Waals surface area contributed by atoms with Crippen LogP contribution in [0.2, 0.25) is 0 Å². The van der Waals surface area contributed by atoms with E-state index in [1.165, 1.54) is 12.8 Å². The first-order chi connectivity index (χ1) is 20.4. The standard InChI is InChI=1S/C34H41N3O5/c1-6-9-10-14-21-42-27-19-17-25(18-20-27)32-28(22-37(36-32)26-15-12-11-13-16-26)31-29(33(38)40-7-2)23(4)35-24(5)30(31)34(39)41-8-3/h11-13,15-20,22,31,35H,6-10,14,21H2,1-5H3. The molecular formula is C34H41N3O5. The molecule has 222 valence electrons. The molecule has 1 aromatic heterocycles. The average Bonchev–Trinajstić information content (AvgIpc) is 3.43. The van der Waals surface area contributed by atoms with Crippen LogP contribution in [0.25, 0.3) is 16.9 Å². The summed E-state index contributed by atoms with van der Waals surface area (Å²) < 4.78 is 18.7. The number of rotatable bonds is 13. The molecule has 0 radical (unpaired) electrons. The van der Waals surface area contributed by atoms with Crippen molar-refractivity contribution in [1.29, 1.82) is 0 Å². The third kappa shape index (κ3) is 6.93. The number of ether oxygens (including phenoxy) is 3. The lowest BCUT2D eigenvalue weighted by molar-refractivity contribution is -0.139. The molecule has 0 unspecified atom stereocenters. The largest absolute Gasteiger partial charge is 0.494 e. The highest BCUT2D eigenvalue weighted by Gasteiger charge is 2.40. The van der Waals surface area contributed by atoms with Crippen LogP contribution in [0.4, 0.5) is 0 Å². The van der Waals surface area contributed by atoms with Crippen LogP contribution >= 0.6 is 0 Å². The monoisotopic (exact) mass is 571 g/mol. The summed E-state index contributed by atoms with van der Waals surface area (Å²) in [7, 11) is 0. The maximum Gasteiger partial charge on any atom is 0.336 e. The van der Waals surface area contributed by atoms with E-state index >= 15 is 0 Å². The molecule has 0 saturated carbocycles. The quantitative estimate of drug-likeness (QED) is 0.177. The Balaban J connectivity index is 1.84. The van der Waals surface area contributed by atoms with Gasteiger partial charge in [-0.25, -0.2) is 14.3 Å². The Morgan fingerprint density at radius 3 is 2.02 bits per heavy atom. The van der Waals surface area contributed by atoms with Crippen molar-refractivity contribution < 1.29 is 23.8 Å². The normalized spacial score (nSPS) is 13.6. The molecule has 0 saturated heterocycles. The fourth-order valence-corrected chi connectivity index (χ4v) is 5.23.